The number of carbonyl (C=O) groups is 1. The largest absolute Gasteiger partial charge is 0.299 e. The number of benzene rings is 1. The molecule has 4 nitrogen and oxygen atoms in total. The molecule has 0 spiro atoms. The molecule has 1 heterocycles. The van der Waals surface area contributed by atoms with E-state index in [1.54, 1.807) is 13.8 Å². The van der Waals surface area contributed by atoms with E-state index in [4.69, 9.17) is 0 Å². The average Bonchev–Trinajstić information content (AvgIpc) is 2.37. The van der Waals surface area contributed by atoms with Crippen LogP contribution in [0.15, 0.2) is 17.0 Å². The first-order valence-electron chi connectivity index (χ1n) is 7.07. The third-order valence-electron chi connectivity index (χ3n) is 4.00. The topological polar surface area (TPSA) is 54.5 Å². The molecule has 0 bridgehead atoms. The highest BCUT2D eigenvalue weighted by molar-refractivity contribution is 7.89. The summed E-state index contributed by atoms with van der Waals surface area (Å²) in [4.78, 5) is 11.9. The second-order valence-corrected chi connectivity index (χ2v) is 7.43. The van der Waals surface area contributed by atoms with Crippen LogP contribution in [-0.4, -0.2) is 31.6 Å². The summed E-state index contributed by atoms with van der Waals surface area (Å²) in [5.74, 6) is -0.560. The number of piperidine rings is 1. The molecule has 0 amide bonds. The number of hydrogen-bond acceptors (Lipinski definition) is 3. The lowest BCUT2D eigenvalue weighted by atomic mass is 9.96. The van der Waals surface area contributed by atoms with Crippen molar-refractivity contribution >= 4 is 15.8 Å². The quantitative estimate of drug-likeness (QED) is 0.861. The van der Waals surface area contributed by atoms with E-state index in [9.17, 15) is 17.6 Å². The summed E-state index contributed by atoms with van der Waals surface area (Å²) in [5.41, 5.74) is 0.801. The molecule has 1 saturated heterocycles. The van der Waals surface area contributed by atoms with Gasteiger partial charge in [-0.3, -0.25) is 4.79 Å². The monoisotopic (exact) mass is 313 g/mol. The minimum Gasteiger partial charge on any atom is -0.299 e. The van der Waals surface area contributed by atoms with Gasteiger partial charge in [-0.05, 0) is 43.5 Å². The van der Waals surface area contributed by atoms with Crippen molar-refractivity contribution in [3.63, 3.8) is 0 Å². The zero-order chi connectivity index (χ0) is 15.8. The van der Waals surface area contributed by atoms with E-state index in [0.717, 1.165) is 0 Å². The first kappa shape index (κ1) is 16.1. The molecule has 6 heteroatoms. The Bertz CT molecular complexity index is 646. The van der Waals surface area contributed by atoms with Crippen molar-refractivity contribution in [1.29, 1.82) is 0 Å². The predicted octanol–water partition coefficient (Wildman–Crippen LogP) is 2.43. The number of aryl methyl sites for hydroxylation is 2. The molecule has 1 aliphatic rings. The number of hydrogen-bond donors (Lipinski definition) is 0. The number of nitrogens with zero attached hydrogens (tertiary/aromatic N) is 1. The first-order valence-corrected chi connectivity index (χ1v) is 8.51. The Balaban J connectivity index is 2.41. The standard InChI is InChI=1S/C15H20FNO3S/c1-4-12-9-17(6-5-14(12)18)21(19,20)15-10(2)7-13(16)8-11(15)3/h7-8,12H,4-6,9H2,1-3H3. The van der Waals surface area contributed by atoms with Gasteiger partial charge in [-0.15, -0.1) is 0 Å². The van der Waals surface area contributed by atoms with Crippen molar-refractivity contribution in [2.75, 3.05) is 13.1 Å². The number of sulfonamides is 1. The van der Waals surface area contributed by atoms with Crippen LogP contribution in [0.3, 0.4) is 0 Å². The third kappa shape index (κ3) is 3.01. The summed E-state index contributed by atoms with van der Waals surface area (Å²) >= 11 is 0. The van der Waals surface area contributed by atoms with Gasteiger partial charge in [0, 0.05) is 25.4 Å². The van der Waals surface area contributed by atoms with Gasteiger partial charge < -0.3 is 0 Å². The van der Waals surface area contributed by atoms with Gasteiger partial charge in [0.15, 0.2) is 0 Å². The second kappa shape index (κ2) is 5.85. The van der Waals surface area contributed by atoms with Gasteiger partial charge in [0.25, 0.3) is 0 Å². The van der Waals surface area contributed by atoms with Gasteiger partial charge in [-0.25, -0.2) is 12.8 Å². The van der Waals surface area contributed by atoms with Crippen molar-refractivity contribution < 1.29 is 17.6 Å². The lowest BCUT2D eigenvalue weighted by Crippen LogP contribution is -2.44. The van der Waals surface area contributed by atoms with E-state index in [2.05, 4.69) is 0 Å². The molecule has 1 atom stereocenters. The third-order valence-corrected chi connectivity index (χ3v) is 6.17. The summed E-state index contributed by atoms with van der Waals surface area (Å²) in [6.45, 7) is 5.49. The number of carbonyl (C=O) groups excluding carboxylic acids is 1. The molecule has 1 aromatic rings. The van der Waals surface area contributed by atoms with Crippen molar-refractivity contribution in [3.8, 4) is 0 Å². The van der Waals surface area contributed by atoms with Crippen LogP contribution >= 0.6 is 0 Å². The van der Waals surface area contributed by atoms with Crippen LogP contribution < -0.4 is 0 Å². The predicted molar refractivity (Wildman–Crippen MR) is 78.0 cm³/mol. The van der Waals surface area contributed by atoms with Gasteiger partial charge in [0.05, 0.1) is 4.90 Å². The molecule has 0 radical (unpaired) electrons. The molecular weight excluding hydrogens is 293 g/mol. The number of ketones is 1. The molecule has 0 saturated carbocycles. The summed E-state index contributed by atoms with van der Waals surface area (Å²) in [6, 6.07) is 2.46. The second-order valence-electron chi connectivity index (χ2n) is 5.55. The molecule has 1 aromatic carbocycles. The SMILES string of the molecule is CCC1CN(S(=O)(=O)c2c(C)cc(F)cc2C)CCC1=O. The molecule has 1 aliphatic heterocycles. The smallest absolute Gasteiger partial charge is 0.243 e. The van der Waals surface area contributed by atoms with E-state index < -0.39 is 15.8 Å². The maximum Gasteiger partial charge on any atom is 0.243 e. The Kier molecular flexibility index (Phi) is 4.49. The Labute approximate surface area is 125 Å². The van der Waals surface area contributed by atoms with Gasteiger partial charge in [-0.1, -0.05) is 6.92 Å². The maximum absolute atomic E-state index is 13.4. The molecule has 2 rings (SSSR count). The lowest BCUT2D eigenvalue weighted by Gasteiger charge is -2.31. The minimum absolute atomic E-state index is 0.122. The molecular formula is C15H20FNO3S. The molecule has 0 aliphatic carbocycles. The normalized spacial score (nSPS) is 20.8. The van der Waals surface area contributed by atoms with Crippen LogP contribution in [0.5, 0.6) is 0 Å². The highest BCUT2D eigenvalue weighted by Crippen LogP contribution is 2.28. The van der Waals surface area contributed by atoms with Gasteiger partial charge in [-0.2, -0.15) is 4.31 Å². The van der Waals surface area contributed by atoms with E-state index in [0.29, 0.717) is 17.5 Å². The zero-order valence-electron chi connectivity index (χ0n) is 12.5. The molecule has 0 N–H and O–H groups in total. The number of halogens is 1. The van der Waals surface area contributed by atoms with Crippen molar-refractivity contribution in [2.45, 2.75) is 38.5 Å². The van der Waals surface area contributed by atoms with Crippen LogP contribution in [0.25, 0.3) is 0 Å². The van der Waals surface area contributed by atoms with E-state index in [1.165, 1.54) is 16.4 Å². The zero-order valence-corrected chi connectivity index (χ0v) is 13.3. The highest BCUT2D eigenvalue weighted by Gasteiger charge is 2.35. The number of Topliss-reactive ketones (excluding diaryl/α,β-unsaturated/α-hetero) is 1. The number of rotatable bonds is 3. The molecule has 21 heavy (non-hydrogen) atoms. The molecule has 0 aromatic heterocycles. The summed E-state index contributed by atoms with van der Waals surface area (Å²) < 4.78 is 40.3. The lowest BCUT2D eigenvalue weighted by molar-refractivity contribution is -0.125. The van der Waals surface area contributed by atoms with Crippen molar-refractivity contribution in [1.82, 2.24) is 4.31 Å². The average molecular weight is 313 g/mol. The van der Waals surface area contributed by atoms with Crippen LogP contribution in [0.1, 0.15) is 30.9 Å². The Morgan fingerprint density at radius 3 is 2.38 bits per heavy atom. The fourth-order valence-corrected chi connectivity index (χ4v) is 4.78. The Hall–Kier alpha value is -1.27. The van der Waals surface area contributed by atoms with Crippen LogP contribution in [0.4, 0.5) is 4.39 Å². The molecule has 116 valence electrons. The van der Waals surface area contributed by atoms with Crippen molar-refractivity contribution in [3.05, 3.63) is 29.1 Å². The molecule has 1 unspecified atom stereocenters. The first-order chi connectivity index (χ1) is 9.77. The van der Waals surface area contributed by atoms with E-state index in [-0.39, 0.29) is 36.1 Å². The fraction of sp³-hybridized carbons (Fsp3) is 0.533. The van der Waals surface area contributed by atoms with Crippen LogP contribution in [-0.2, 0) is 14.8 Å². The van der Waals surface area contributed by atoms with Gasteiger partial charge >= 0.3 is 0 Å². The summed E-state index contributed by atoms with van der Waals surface area (Å²) in [7, 11) is -3.69. The Morgan fingerprint density at radius 2 is 1.86 bits per heavy atom. The highest BCUT2D eigenvalue weighted by atomic mass is 32.2. The Morgan fingerprint density at radius 1 is 1.29 bits per heavy atom. The van der Waals surface area contributed by atoms with Gasteiger partial charge in [0.1, 0.15) is 11.6 Å². The molecule has 1 fully saturated rings. The van der Waals surface area contributed by atoms with Crippen LogP contribution in [0.2, 0.25) is 0 Å². The fourth-order valence-electron chi connectivity index (χ4n) is 2.89. The summed E-state index contributed by atoms with van der Waals surface area (Å²) in [6.07, 6.45) is 0.878. The summed E-state index contributed by atoms with van der Waals surface area (Å²) in [5, 5.41) is 0. The van der Waals surface area contributed by atoms with Crippen molar-refractivity contribution in [2.24, 2.45) is 5.92 Å². The maximum atomic E-state index is 13.4. The van der Waals surface area contributed by atoms with E-state index in [1.807, 2.05) is 6.92 Å². The van der Waals surface area contributed by atoms with Crippen LogP contribution in [0, 0.1) is 25.6 Å². The van der Waals surface area contributed by atoms with Gasteiger partial charge in [0.2, 0.25) is 10.0 Å². The van der Waals surface area contributed by atoms with E-state index >= 15 is 0 Å². The minimum atomic E-state index is -3.69.